The molecule has 0 saturated heterocycles. The molecule has 5 heteroatoms. The first kappa shape index (κ1) is 16.1. The summed E-state index contributed by atoms with van der Waals surface area (Å²) in [6.07, 6.45) is 0.762. The van der Waals surface area contributed by atoms with Crippen molar-refractivity contribution < 1.29 is 19.0 Å². The summed E-state index contributed by atoms with van der Waals surface area (Å²) in [5, 5.41) is 0.616. The molecule has 0 spiro atoms. The van der Waals surface area contributed by atoms with E-state index in [1.54, 1.807) is 31.4 Å². The molecular weight excluding hydrogens is 268 g/mol. The van der Waals surface area contributed by atoms with Gasteiger partial charge in [-0.25, -0.2) is 0 Å². The van der Waals surface area contributed by atoms with Crippen LogP contribution in [0.2, 0.25) is 5.02 Å². The van der Waals surface area contributed by atoms with E-state index in [4.69, 9.17) is 25.8 Å². The Hall–Kier alpha value is -0.940. The number of Topliss-reactive ketones (excluding diaryl/α,β-unsaturated/α-hetero) is 1. The molecule has 0 radical (unpaired) electrons. The van der Waals surface area contributed by atoms with Crippen molar-refractivity contribution in [1.29, 1.82) is 0 Å². The smallest absolute Gasteiger partial charge is 0.188 e. The average molecular weight is 287 g/mol. The second-order valence-corrected chi connectivity index (χ2v) is 4.38. The van der Waals surface area contributed by atoms with Crippen LogP contribution in [-0.2, 0) is 14.2 Å². The summed E-state index contributed by atoms with van der Waals surface area (Å²) in [4.78, 5) is 11.7. The van der Waals surface area contributed by atoms with E-state index in [1.807, 2.05) is 0 Å². The van der Waals surface area contributed by atoms with Gasteiger partial charge in [0, 0.05) is 30.9 Å². The Morgan fingerprint density at radius 3 is 2.42 bits per heavy atom. The van der Waals surface area contributed by atoms with Gasteiger partial charge in [-0.15, -0.1) is 0 Å². The Balaban J connectivity index is 2.06. The summed E-state index contributed by atoms with van der Waals surface area (Å²) < 4.78 is 15.4. The van der Waals surface area contributed by atoms with Crippen molar-refractivity contribution in [2.75, 3.05) is 40.1 Å². The van der Waals surface area contributed by atoms with Crippen LogP contribution in [0.3, 0.4) is 0 Å². The third kappa shape index (κ3) is 7.28. The Morgan fingerprint density at radius 1 is 1.05 bits per heavy atom. The van der Waals surface area contributed by atoms with Crippen molar-refractivity contribution in [2.24, 2.45) is 0 Å². The van der Waals surface area contributed by atoms with E-state index in [1.165, 1.54) is 0 Å². The highest BCUT2D eigenvalue weighted by Crippen LogP contribution is 2.10. The minimum absolute atomic E-state index is 0.0445. The van der Waals surface area contributed by atoms with Crippen LogP contribution in [0.5, 0.6) is 0 Å². The minimum Gasteiger partial charge on any atom is -0.382 e. The van der Waals surface area contributed by atoms with Gasteiger partial charge < -0.3 is 14.2 Å². The zero-order chi connectivity index (χ0) is 13.9. The van der Waals surface area contributed by atoms with Crippen molar-refractivity contribution in [1.82, 2.24) is 0 Å². The maximum atomic E-state index is 11.7. The van der Waals surface area contributed by atoms with E-state index in [9.17, 15) is 4.79 Å². The highest BCUT2D eigenvalue weighted by molar-refractivity contribution is 6.30. The summed E-state index contributed by atoms with van der Waals surface area (Å²) in [5.41, 5.74) is 0.612. The van der Waals surface area contributed by atoms with Crippen molar-refractivity contribution in [3.8, 4) is 0 Å². The molecule has 1 rings (SSSR count). The van der Waals surface area contributed by atoms with Crippen LogP contribution < -0.4 is 0 Å². The summed E-state index contributed by atoms with van der Waals surface area (Å²) in [6, 6.07) is 6.78. The molecule has 1 aromatic carbocycles. The monoisotopic (exact) mass is 286 g/mol. The number of carbonyl (C=O) groups excluding carboxylic acids is 1. The molecule has 0 amide bonds. The fourth-order valence-electron chi connectivity index (χ4n) is 1.39. The van der Waals surface area contributed by atoms with Crippen molar-refractivity contribution in [3.63, 3.8) is 0 Å². The molecule has 106 valence electrons. The quantitative estimate of drug-likeness (QED) is 0.490. The van der Waals surface area contributed by atoms with Gasteiger partial charge in [0.05, 0.1) is 13.2 Å². The third-order valence-corrected chi connectivity index (χ3v) is 2.66. The number of methoxy groups -OCH3 is 1. The SMILES string of the molecule is COCCOCCCOCC(=O)c1ccc(Cl)cc1. The molecule has 19 heavy (non-hydrogen) atoms. The van der Waals surface area contributed by atoms with Crippen LogP contribution in [0.4, 0.5) is 0 Å². The highest BCUT2D eigenvalue weighted by atomic mass is 35.5. The lowest BCUT2D eigenvalue weighted by Gasteiger charge is -2.05. The van der Waals surface area contributed by atoms with Crippen molar-refractivity contribution >= 4 is 17.4 Å². The molecule has 4 nitrogen and oxygen atoms in total. The van der Waals surface area contributed by atoms with Crippen LogP contribution in [0.25, 0.3) is 0 Å². The van der Waals surface area contributed by atoms with Crippen LogP contribution in [0.1, 0.15) is 16.8 Å². The average Bonchev–Trinajstić information content (AvgIpc) is 2.42. The maximum absolute atomic E-state index is 11.7. The lowest BCUT2D eigenvalue weighted by molar-refractivity contribution is 0.0488. The van der Waals surface area contributed by atoms with Gasteiger partial charge >= 0.3 is 0 Å². The normalized spacial score (nSPS) is 10.6. The van der Waals surface area contributed by atoms with E-state index in [2.05, 4.69) is 0 Å². The topological polar surface area (TPSA) is 44.8 Å². The number of ketones is 1. The number of benzene rings is 1. The molecule has 0 aromatic heterocycles. The maximum Gasteiger partial charge on any atom is 0.188 e. The number of hydrogen-bond donors (Lipinski definition) is 0. The molecule has 0 heterocycles. The first-order valence-corrected chi connectivity index (χ1v) is 6.55. The standard InChI is InChI=1S/C14H19ClO4/c1-17-9-10-18-7-2-8-19-11-14(16)12-3-5-13(15)6-4-12/h3-6H,2,7-11H2,1H3. The number of rotatable bonds is 10. The summed E-state index contributed by atoms with van der Waals surface area (Å²) in [6.45, 7) is 2.38. The lowest BCUT2D eigenvalue weighted by atomic mass is 10.1. The van der Waals surface area contributed by atoms with Gasteiger partial charge in [0.2, 0.25) is 0 Å². The number of carbonyl (C=O) groups is 1. The fourth-order valence-corrected chi connectivity index (χ4v) is 1.52. The van der Waals surface area contributed by atoms with Crippen LogP contribution in [-0.4, -0.2) is 45.9 Å². The van der Waals surface area contributed by atoms with Gasteiger partial charge in [0.15, 0.2) is 5.78 Å². The van der Waals surface area contributed by atoms with Gasteiger partial charge in [-0.2, -0.15) is 0 Å². The fraction of sp³-hybridized carbons (Fsp3) is 0.500. The molecule has 0 N–H and O–H groups in total. The first-order valence-electron chi connectivity index (χ1n) is 6.17. The summed E-state index contributed by atoms with van der Waals surface area (Å²) in [7, 11) is 1.63. The van der Waals surface area contributed by atoms with E-state index in [0.717, 1.165) is 6.42 Å². The van der Waals surface area contributed by atoms with Gasteiger partial charge in [-0.3, -0.25) is 4.79 Å². The zero-order valence-corrected chi connectivity index (χ0v) is 11.8. The van der Waals surface area contributed by atoms with Crippen LogP contribution >= 0.6 is 11.6 Å². The number of halogens is 1. The largest absolute Gasteiger partial charge is 0.382 e. The van der Waals surface area contributed by atoms with E-state index < -0.39 is 0 Å². The Labute approximate surface area is 118 Å². The molecule has 0 saturated carbocycles. The molecule has 0 atom stereocenters. The van der Waals surface area contributed by atoms with Crippen molar-refractivity contribution in [2.45, 2.75) is 6.42 Å². The predicted octanol–water partition coefficient (Wildman–Crippen LogP) is 2.59. The third-order valence-electron chi connectivity index (χ3n) is 2.41. The molecule has 0 aliphatic carbocycles. The number of hydrogen-bond acceptors (Lipinski definition) is 4. The molecule has 0 aliphatic rings. The molecule has 1 aromatic rings. The molecule has 0 unspecified atom stereocenters. The Bertz CT molecular complexity index is 364. The van der Waals surface area contributed by atoms with Gasteiger partial charge in [-0.05, 0) is 30.7 Å². The lowest BCUT2D eigenvalue weighted by Crippen LogP contribution is -2.11. The van der Waals surface area contributed by atoms with Gasteiger partial charge in [-0.1, -0.05) is 11.6 Å². The first-order chi connectivity index (χ1) is 9.24. The molecule has 0 aliphatic heterocycles. The van der Waals surface area contributed by atoms with E-state index >= 15 is 0 Å². The Kier molecular flexibility index (Phi) is 8.41. The van der Waals surface area contributed by atoms with Gasteiger partial charge in [0.25, 0.3) is 0 Å². The summed E-state index contributed by atoms with van der Waals surface area (Å²) in [5.74, 6) is -0.0445. The number of ether oxygens (including phenoxy) is 3. The Morgan fingerprint density at radius 2 is 1.74 bits per heavy atom. The molecule has 0 bridgehead atoms. The highest BCUT2D eigenvalue weighted by Gasteiger charge is 2.05. The molecule has 0 fully saturated rings. The summed E-state index contributed by atoms with van der Waals surface area (Å²) >= 11 is 5.75. The molecular formula is C14H19ClO4. The second kappa shape index (κ2) is 9.92. The van der Waals surface area contributed by atoms with Crippen LogP contribution in [0, 0.1) is 0 Å². The van der Waals surface area contributed by atoms with E-state index in [0.29, 0.717) is 37.0 Å². The predicted molar refractivity (Wildman–Crippen MR) is 73.9 cm³/mol. The second-order valence-electron chi connectivity index (χ2n) is 3.94. The van der Waals surface area contributed by atoms with Crippen molar-refractivity contribution in [3.05, 3.63) is 34.9 Å². The van der Waals surface area contributed by atoms with Gasteiger partial charge in [0.1, 0.15) is 6.61 Å². The minimum atomic E-state index is -0.0445. The van der Waals surface area contributed by atoms with Crippen LogP contribution in [0.15, 0.2) is 24.3 Å². The zero-order valence-electron chi connectivity index (χ0n) is 11.1. The van der Waals surface area contributed by atoms with E-state index in [-0.39, 0.29) is 12.4 Å².